The van der Waals surface area contributed by atoms with Crippen LogP contribution in [0.4, 0.5) is 0 Å². The number of carbonyl (C=O) groups excluding carboxylic acids is 1. The SMILES string of the molecule is CCC(C)c1c(Br)c(C=O)c(C)n1CC. The van der Waals surface area contributed by atoms with Crippen LogP contribution in [0.3, 0.4) is 0 Å². The molecule has 0 saturated heterocycles. The molecule has 0 spiro atoms. The number of nitrogens with zero attached hydrogens (tertiary/aromatic N) is 1. The van der Waals surface area contributed by atoms with Gasteiger partial charge in [-0.2, -0.15) is 0 Å². The summed E-state index contributed by atoms with van der Waals surface area (Å²) in [5, 5.41) is 0. The maximum atomic E-state index is 11.0. The molecule has 1 atom stereocenters. The summed E-state index contributed by atoms with van der Waals surface area (Å²) < 4.78 is 3.20. The quantitative estimate of drug-likeness (QED) is 0.762. The van der Waals surface area contributed by atoms with Crippen molar-refractivity contribution in [3.63, 3.8) is 0 Å². The Bertz CT molecular complexity index is 368. The zero-order valence-corrected chi connectivity index (χ0v) is 11.4. The van der Waals surface area contributed by atoms with Crippen LogP contribution in [0.25, 0.3) is 0 Å². The number of carbonyl (C=O) groups is 1. The van der Waals surface area contributed by atoms with Crippen LogP contribution in [0.15, 0.2) is 4.47 Å². The van der Waals surface area contributed by atoms with Gasteiger partial charge in [0, 0.05) is 28.0 Å². The van der Waals surface area contributed by atoms with Crippen LogP contribution >= 0.6 is 15.9 Å². The fraction of sp³-hybridized carbons (Fsp3) is 0.583. The van der Waals surface area contributed by atoms with Crippen LogP contribution in [0, 0.1) is 6.92 Å². The number of rotatable bonds is 4. The zero-order chi connectivity index (χ0) is 11.6. The highest BCUT2D eigenvalue weighted by Gasteiger charge is 2.20. The summed E-state index contributed by atoms with van der Waals surface area (Å²) in [6, 6.07) is 0. The predicted molar refractivity (Wildman–Crippen MR) is 66.6 cm³/mol. The second kappa shape index (κ2) is 4.97. The Balaban J connectivity index is 3.42. The monoisotopic (exact) mass is 271 g/mol. The molecule has 0 aliphatic rings. The molecule has 0 bridgehead atoms. The van der Waals surface area contributed by atoms with E-state index in [9.17, 15) is 4.79 Å². The Hall–Kier alpha value is -0.570. The van der Waals surface area contributed by atoms with Crippen molar-refractivity contribution >= 4 is 22.2 Å². The molecule has 0 aromatic carbocycles. The molecular weight excluding hydrogens is 254 g/mol. The molecular formula is C12H18BrNO. The van der Waals surface area contributed by atoms with Gasteiger partial charge in [-0.25, -0.2) is 0 Å². The second-order valence-corrected chi connectivity index (χ2v) is 4.66. The average Bonchev–Trinajstić information content (AvgIpc) is 2.48. The summed E-state index contributed by atoms with van der Waals surface area (Å²) >= 11 is 3.54. The van der Waals surface area contributed by atoms with Gasteiger partial charge in [0.25, 0.3) is 0 Å². The number of hydrogen-bond acceptors (Lipinski definition) is 1. The van der Waals surface area contributed by atoms with E-state index < -0.39 is 0 Å². The summed E-state index contributed by atoms with van der Waals surface area (Å²) in [5.41, 5.74) is 3.11. The zero-order valence-electron chi connectivity index (χ0n) is 9.80. The van der Waals surface area contributed by atoms with Crippen molar-refractivity contribution in [2.45, 2.75) is 46.6 Å². The van der Waals surface area contributed by atoms with E-state index >= 15 is 0 Å². The fourth-order valence-electron chi connectivity index (χ4n) is 1.96. The Morgan fingerprint density at radius 3 is 2.47 bits per heavy atom. The molecule has 0 aliphatic heterocycles. The lowest BCUT2D eigenvalue weighted by Gasteiger charge is -2.14. The third kappa shape index (κ3) is 2.03. The highest BCUT2D eigenvalue weighted by molar-refractivity contribution is 9.10. The number of hydrogen-bond donors (Lipinski definition) is 0. The molecule has 0 amide bonds. The first-order valence-corrected chi connectivity index (χ1v) is 6.21. The minimum absolute atomic E-state index is 0.478. The van der Waals surface area contributed by atoms with Crippen LogP contribution in [-0.2, 0) is 6.54 Å². The standard InChI is InChI=1S/C12H18BrNO/c1-5-8(3)12-11(13)10(7-15)9(4)14(12)6-2/h7-8H,5-6H2,1-4H3. The van der Waals surface area contributed by atoms with Gasteiger partial charge in [0.05, 0.1) is 0 Å². The number of aldehydes is 1. The molecule has 0 fully saturated rings. The van der Waals surface area contributed by atoms with E-state index in [1.54, 1.807) is 0 Å². The van der Waals surface area contributed by atoms with Gasteiger partial charge in [-0.05, 0) is 42.1 Å². The second-order valence-electron chi connectivity index (χ2n) is 3.87. The molecule has 1 heterocycles. The van der Waals surface area contributed by atoms with Crippen molar-refractivity contribution in [2.75, 3.05) is 0 Å². The predicted octanol–water partition coefficient (Wildman–Crippen LogP) is 3.90. The van der Waals surface area contributed by atoms with E-state index in [4.69, 9.17) is 0 Å². The minimum atomic E-state index is 0.478. The first-order chi connectivity index (χ1) is 7.08. The normalized spacial score (nSPS) is 12.9. The van der Waals surface area contributed by atoms with Gasteiger partial charge in [0.2, 0.25) is 0 Å². The van der Waals surface area contributed by atoms with Gasteiger partial charge in [0.15, 0.2) is 6.29 Å². The summed E-state index contributed by atoms with van der Waals surface area (Å²) in [4.78, 5) is 11.0. The van der Waals surface area contributed by atoms with Crippen molar-refractivity contribution in [2.24, 2.45) is 0 Å². The molecule has 15 heavy (non-hydrogen) atoms. The van der Waals surface area contributed by atoms with Crippen LogP contribution in [-0.4, -0.2) is 10.9 Å². The summed E-state index contributed by atoms with van der Waals surface area (Å²) in [6.45, 7) is 9.39. The summed E-state index contributed by atoms with van der Waals surface area (Å²) in [7, 11) is 0. The summed E-state index contributed by atoms with van der Waals surface area (Å²) in [6.07, 6.45) is 2.03. The van der Waals surface area contributed by atoms with Gasteiger partial charge < -0.3 is 4.57 Å². The van der Waals surface area contributed by atoms with Crippen molar-refractivity contribution < 1.29 is 4.79 Å². The molecule has 1 aromatic rings. The van der Waals surface area contributed by atoms with Crippen LogP contribution in [0.1, 0.15) is 54.9 Å². The van der Waals surface area contributed by atoms with E-state index in [0.29, 0.717) is 5.92 Å². The van der Waals surface area contributed by atoms with Crippen molar-refractivity contribution in [3.05, 3.63) is 21.4 Å². The van der Waals surface area contributed by atoms with E-state index in [1.165, 1.54) is 5.69 Å². The van der Waals surface area contributed by atoms with Gasteiger partial charge in [-0.3, -0.25) is 4.79 Å². The first kappa shape index (κ1) is 12.5. The molecule has 1 rings (SSSR count). The maximum Gasteiger partial charge on any atom is 0.153 e. The number of halogens is 1. The van der Waals surface area contributed by atoms with Gasteiger partial charge in [-0.15, -0.1) is 0 Å². The smallest absolute Gasteiger partial charge is 0.153 e. The van der Waals surface area contributed by atoms with Gasteiger partial charge >= 0.3 is 0 Å². The Labute approximate surface area is 99.8 Å². The largest absolute Gasteiger partial charge is 0.347 e. The molecule has 3 heteroatoms. The van der Waals surface area contributed by atoms with Crippen LogP contribution in [0.2, 0.25) is 0 Å². The molecule has 2 nitrogen and oxygen atoms in total. The lowest BCUT2D eigenvalue weighted by molar-refractivity contribution is 0.112. The third-order valence-corrected chi connectivity index (χ3v) is 3.89. The van der Waals surface area contributed by atoms with Crippen LogP contribution in [0.5, 0.6) is 0 Å². The minimum Gasteiger partial charge on any atom is -0.347 e. The van der Waals surface area contributed by atoms with E-state index in [2.05, 4.69) is 41.3 Å². The third-order valence-electron chi connectivity index (χ3n) is 3.06. The van der Waals surface area contributed by atoms with E-state index in [1.807, 2.05) is 6.92 Å². The molecule has 1 aromatic heterocycles. The van der Waals surface area contributed by atoms with Crippen LogP contribution < -0.4 is 0 Å². The molecule has 0 N–H and O–H groups in total. The van der Waals surface area contributed by atoms with Crippen molar-refractivity contribution in [3.8, 4) is 0 Å². The van der Waals surface area contributed by atoms with E-state index in [-0.39, 0.29) is 0 Å². The Morgan fingerprint density at radius 2 is 2.07 bits per heavy atom. The van der Waals surface area contributed by atoms with E-state index in [0.717, 1.165) is 35.0 Å². The molecule has 1 unspecified atom stereocenters. The lowest BCUT2D eigenvalue weighted by Crippen LogP contribution is -2.05. The molecule has 0 aliphatic carbocycles. The Kier molecular flexibility index (Phi) is 4.14. The molecule has 0 saturated carbocycles. The average molecular weight is 272 g/mol. The molecule has 0 radical (unpaired) electrons. The fourth-order valence-corrected chi connectivity index (χ4v) is 2.95. The maximum absolute atomic E-state index is 11.0. The number of aromatic nitrogens is 1. The van der Waals surface area contributed by atoms with Gasteiger partial charge in [0.1, 0.15) is 0 Å². The topological polar surface area (TPSA) is 22.0 Å². The summed E-state index contributed by atoms with van der Waals surface area (Å²) in [5.74, 6) is 0.478. The highest BCUT2D eigenvalue weighted by Crippen LogP contribution is 2.33. The first-order valence-electron chi connectivity index (χ1n) is 5.42. The van der Waals surface area contributed by atoms with Crippen molar-refractivity contribution in [1.82, 2.24) is 4.57 Å². The highest BCUT2D eigenvalue weighted by atomic mass is 79.9. The Morgan fingerprint density at radius 1 is 1.47 bits per heavy atom. The van der Waals surface area contributed by atoms with Crippen molar-refractivity contribution in [1.29, 1.82) is 0 Å². The molecule has 84 valence electrons. The van der Waals surface area contributed by atoms with Gasteiger partial charge in [-0.1, -0.05) is 13.8 Å². The lowest BCUT2D eigenvalue weighted by atomic mass is 10.0.